The van der Waals surface area contributed by atoms with Crippen molar-refractivity contribution in [3.8, 4) is 22.9 Å². The lowest BCUT2D eigenvalue weighted by Crippen LogP contribution is -2.21. The molecule has 4 aromatic carbocycles. The highest BCUT2D eigenvalue weighted by molar-refractivity contribution is 9.11. The van der Waals surface area contributed by atoms with Crippen molar-refractivity contribution in [2.24, 2.45) is 5.10 Å². The summed E-state index contributed by atoms with van der Waals surface area (Å²) in [6, 6.07) is 22.6. The van der Waals surface area contributed by atoms with Crippen molar-refractivity contribution in [3.05, 3.63) is 119 Å². The average molecular weight is 724 g/mol. The SMILES string of the molecule is CCOc1cc(C)c(-c2nc3ccccc3c(=O)n2N=Cc2cc(Cl)ccc2OCc2ccc(Br)cc2Br)cc1C(C)C. The van der Waals surface area contributed by atoms with E-state index in [-0.39, 0.29) is 11.5 Å². The van der Waals surface area contributed by atoms with Crippen molar-refractivity contribution in [1.82, 2.24) is 9.66 Å². The molecular formula is C34H30Br2ClN3O3. The third-order valence-electron chi connectivity index (χ3n) is 6.96. The summed E-state index contributed by atoms with van der Waals surface area (Å²) in [5.74, 6) is 2.04. The number of rotatable bonds is 9. The highest BCUT2D eigenvalue weighted by Crippen LogP contribution is 2.34. The number of halogens is 3. The molecule has 6 nitrogen and oxygen atoms in total. The van der Waals surface area contributed by atoms with Crippen LogP contribution in [0.5, 0.6) is 11.5 Å². The Balaban J connectivity index is 1.63. The first kappa shape index (κ1) is 31.0. The lowest BCUT2D eigenvalue weighted by molar-refractivity contribution is 0.305. The van der Waals surface area contributed by atoms with E-state index in [1.54, 1.807) is 30.5 Å². The molecule has 1 aromatic heterocycles. The first-order valence-electron chi connectivity index (χ1n) is 13.9. The van der Waals surface area contributed by atoms with E-state index in [0.717, 1.165) is 36.9 Å². The molecule has 0 saturated heterocycles. The maximum Gasteiger partial charge on any atom is 0.282 e. The van der Waals surface area contributed by atoms with E-state index in [4.69, 9.17) is 31.2 Å². The topological polar surface area (TPSA) is 65.7 Å². The number of hydrogen-bond acceptors (Lipinski definition) is 5. The van der Waals surface area contributed by atoms with Crippen molar-refractivity contribution >= 4 is 60.6 Å². The van der Waals surface area contributed by atoms with Crippen LogP contribution in [-0.2, 0) is 6.61 Å². The van der Waals surface area contributed by atoms with Gasteiger partial charge in [-0.1, -0.05) is 75.5 Å². The van der Waals surface area contributed by atoms with Crippen LogP contribution in [0.2, 0.25) is 5.02 Å². The molecule has 0 fully saturated rings. The molecule has 9 heteroatoms. The third-order valence-corrected chi connectivity index (χ3v) is 8.42. The number of nitrogens with zero attached hydrogens (tertiary/aromatic N) is 3. The molecule has 0 radical (unpaired) electrons. The van der Waals surface area contributed by atoms with E-state index in [9.17, 15) is 4.79 Å². The van der Waals surface area contributed by atoms with Crippen LogP contribution < -0.4 is 15.0 Å². The molecule has 0 N–H and O–H groups in total. The Kier molecular flexibility index (Phi) is 9.69. The molecule has 43 heavy (non-hydrogen) atoms. The molecule has 0 aliphatic rings. The minimum Gasteiger partial charge on any atom is -0.494 e. The van der Waals surface area contributed by atoms with Crippen LogP contribution in [0.4, 0.5) is 0 Å². The Morgan fingerprint density at radius 1 is 1.00 bits per heavy atom. The summed E-state index contributed by atoms with van der Waals surface area (Å²) in [5, 5.41) is 5.69. The van der Waals surface area contributed by atoms with Gasteiger partial charge in [0.25, 0.3) is 5.56 Å². The van der Waals surface area contributed by atoms with Gasteiger partial charge in [-0.25, -0.2) is 4.98 Å². The van der Waals surface area contributed by atoms with Crippen molar-refractivity contribution in [3.63, 3.8) is 0 Å². The fraction of sp³-hybridized carbons (Fsp3) is 0.206. The number of aromatic nitrogens is 2. The maximum absolute atomic E-state index is 13.9. The molecule has 0 aliphatic carbocycles. The van der Waals surface area contributed by atoms with Crippen LogP contribution in [0.15, 0.2) is 91.6 Å². The van der Waals surface area contributed by atoms with Crippen molar-refractivity contribution in [1.29, 1.82) is 0 Å². The van der Waals surface area contributed by atoms with Gasteiger partial charge in [-0.05, 0) is 85.5 Å². The average Bonchev–Trinajstić information content (AvgIpc) is 2.97. The molecule has 220 valence electrons. The van der Waals surface area contributed by atoms with Crippen molar-refractivity contribution in [2.75, 3.05) is 6.61 Å². The minimum absolute atomic E-state index is 0.196. The van der Waals surface area contributed by atoms with Gasteiger partial charge in [0.2, 0.25) is 0 Å². The summed E-state index contributed by atoms with van der Waals surface area (Å²) >= 11 is 13.5. The van der Waals surface area contributed by atoms with E-state index in [0.29, 0.717) is 46.3 Å². The molecule has 0 unspecified atom stereocenters. The zero-order valence-electron chi connectivity index (χ0n) is 24.2. The zero-order chi connectivity index (χ0) is 30.7. The Morgan fingerprint density at radius 3 is 2.53 bits per heavy atom. The summed E-state index contributed by atoms with van der Waals surface area (Å²) < 4.78 is 15.4. The van der Waals surface area contributed by atoms with Gasteiger partial charge in [-0.2, -0.15) is 9.78 Å². The Hall–Kier alpha value is -3.46. The molecular weight excluding hydrogens is 694 g/mol. The summed E-state index contributed by atoms with van der Waals surface area (Å²) in [6.45, 7) is 9.07. The molecule has 0 amide bonds. The van der Waals surface area contributed by atoms with Crippen LogP contribution in [0.25, 0.3) is 22.3 Å². The fourth-order valence-corrected chi connectivity index (χ4v) is 6.08. The fourth-order valence-electron chi connectivity index (χ4n) is 4.74. The lowest BCUT2D eigenvalue weighted by Gasteiger charge is -2.18. The highest BCUT2D eigenvalue weighted by atomic mass is 79.9. The van der Waals surface area contributed by atoms with Crippen LogP contribution >= 0.6 is 43.5 Å². The van der Waals surface area contributed by atoms with E-state index < -0.39 is 0 Å². The number of para-hydroxylation sites is 1. The first-order chi connectivity index (χ1) is 20.7. The molecule has 0 spiro atoms. The van der Waals surface area contributed by atoms with Gasteiger partial charge in [-0.15, -0.1) is 0 Å². The quantitative estimate of drug-likeness (QED) is 0.142. The van der Waals surface area contributed by atoms with E-state index in [1.807, 2.05) is 56.3 Å². The van der Waals surface area contributed by atoms with Gasteiger partial charge in [0, 0.05) is 30.7 Å². The molecule has 0 bridgehead atoms. The van der Waals surface area contributed by atoms with Crippen LogP contribution in [0, 0.1) is 6.92 Å². The predicted octanol–water partition coefficient (Wildman–Crippen LogP) is 9.53. The third kappa shape index (κ3) is 6.87. The van der Waals surface area contributed by atoms with E-state index in [2.05, 4.69) is 51.8 Å². The zero-order valence-corrected chi connectivity index (χ0v) is 28.1. The summed E-state index contributed by atoms with van der Waals surface area (Å²) in [5.41, 5.74) is 4.67. The standard InChI is InChI=1S/C34H30Br2ClN3O3/c1-5-42-32-14-21(4)28(17-27(32)20(2)3)33-39-30-9-7-6-8-26(30)34(41)40(33)38-18-23-15-25(37)12-13-31(23)43-19-22-10-11-24(35)16-29(22)36/h6-18,20H,5,19H2,1-4H3. The normalized spacial score (nSPS) is 11.5. The van der Waals surface area contributed by atoms with Crippen molar-refractivity contribution in [2.45, 2.75) is 40.2 Å². The van der Waals surface area contributed by atoms with Crippen LogP contribution in [-0.4, -0.2) is 22.5 Å². The van der Waals surface area contributed by atoms with Crippen LogP contribution in [0.1, 0.15) is 48.9 Å². The molecule has 5 aromatic rings. The highest BCUT2D eigenvalue weighted by Gasteiger charge is 2.19. The second kappa shape index (κ2) is 13.5. The van der Waals surface area contributed by atoms with Gasteiger partial charge >= 0.3 is 0 Å². The summed E-state index contributed by atoms with van der Waals surface area (Å²) in [4.78, 5) is 18.8. The Morgan fingerprint density at radius 2 is 1.79 bits per heavy atom. The van der Waals surface area contributed by atoms with Gasteiger partial charge in [-0.3, -0.25) is 4.79 Å². The van der Waals surface area contributed by atoms with Crippen LogP contribution in [0.3, 0.4) is 0 Å². The van der Waals surface area contributed by atoms with Gasteiger partial charge in [0.1, 0.15) is 18.1 Å². The Labute approximate surface area is 272 Å². The molecule has 0 atom stereocenters. The van der Waals surface area contributed by atoms with Crippen molar-refractivity contribution < 1.29 is 9.47 Å². The van der Waals surface area contributed by atoms with E-state index >= 15 is 0 Å². The van der Waals surface area contributed by atoms with Gasteiger partial charge < -0.3 is 9.47 Å². The second-order valence-electron chi connectivity index (χ2n) is 10.3. The molecule has 0 aliphatic heterocycles. The predicted molar refractivity (Wildman–Crippen MR) is 182 cm³/mol. The van der Waals surface area contributed by atoms with Gasteiger partial charge in [0.05, 0.1) is 23.7 Å². The second-order valence-corrected chi connectivity index (χ2v) is 12.5. The molecule has 5 rings (SSSR count). The number of hydrogen-bond donors (Lipinski definition) is 0. The number of ether oxygens (including phenoxy) is 2. The maximum atomic E-state index is 13.9. The smallest absolute Gasteiger partial charge is 0.282 e. The minimum atomic E-state index is -0.278. The molecule has 1 heterocycles. The first-order valence-corrected chi connectivity index (χ1v) is 15.8. The number of benzene rings is 4. The number of fused-ring (bicyclic) bond motifs is 1. The summed E-state index contributed by atoms with van der Waals surface area (Å²) in [6.07, 6.45) is 1.59. The van der Waals surface area contributed by atoms with Gasteiger partial charge in [0.15, 0.2) is 5.82 Å². The van der Waals surface area contributed by atoms with E-state index in [1.165, 1.54) is 4.68 Å². The summed E-state index contributed by atoms with van der Waals surface area (Å²) in [7, 11) is 0. The number of aryl methyl sites for hydroxylation is 1. The lowest BCUT2D eigenvalue weighted by atomic mass is 9.96. The molecule has 0 saturated carbocycles. The largest absolute Gasteiger partial charge is 0.494 e. The Bertz CT molecular complexity index is 1900. The monoisotopic (exact) mass is 721 g/mol.